The van der Waals surface area contributed by atoms with Crippen LogP contribution in [0.5, 0.6) is 0 Å². The quantitative estimate of drug-likeness (QED) is 0.785. The molecule has 1 aliphatic carbocycles. The van der Waals surface area contributed by atoms with E-state index >= 15 is 0 Å². The lowest BCUT2D eigenvalue weighted by molar-refractivity contribution is -0.123. The Bertz CT molecular complexity index is 395. The Kier molecular flexibility index (Phi) is 4.82. The second-order valence-electron chi connectivity index (χ2n) is 5.40. The SMILES string of the molecule is Cl.O=C(NCc1cnc[nH]1)C1CC2CCCCC2N1. The number of nitrogens with one attached hydrogen (secondary N) is 3. The highest BCUT2D eigenvalue weighted by Gasteiger charge is 2.37. The first-order chi connectivity index (χ1) is 8.83. The van der Waals surface area contributed by atoms with Gasteiger partial charge in [-0.1, -0.05) is 12.8 Å². The molecule has 3 N–H and O–H groups in total. The third kappa shape index (κ3) is 3.28. The maximum absolute atomic E-state index is 12.1. The Hall–Kier alpha value is -1.07. The lowest BCUT2D eigenvalue weighted by atomic mass is 9.85. The molecule has 3 rings (SSSR count). The van der Waals surface area contributed by atoms with Gasteiger partial charge in [-0.3, -0.25) is 4.79 Å². The zero-order chi connectivity index (χ0) is 12.4. The standard InChI is InChI=1S/C13H20N4O.ClH/c18-13(15-7-10-6-14-8-16-10)12-5-9-3-1-2-4-11(9)17-12;/h6,8-9,11-12,17H,1-5,7H2,(H,14,16)(H,15,18);1H. The molecule has 2 fully saturated rings. The van der Waals surface area contributed by atoms with Crippen LogP contribution in [0.1, 0.15) is 37.8 Å². The molecule has 6 heteroatoms. The molecule has 1 aliphatic heterocycles. The van der Waals surface area contributed by atoms with E-state index in [9.17, 15) is 4.79 Å². The highest BCUT2D eigenvalue weighted by molar-refractivity contribution is 5.85. The topological polar surface area (TPSA) is 69.8 Å². The molecule has 3 unspecified atom stereocenters. The van der Waals surface area contributed by atoms with Gasteiger partial charge in [-0.2, -0.15) is 0 Å². The van der Waals surface area contributed by atoms with Crippen LogP contribution >= 0.6 is 12.4 Å². The lowest BCUT2D eigenvalue weighted by Gasteiger charge is -2.24. The summed E-state index contributed by atoms with van der Waals surface area (Å²) in [5.74, 6) is 0.834. The number of aromatic amines is 1. The number of hydrogen-bond acceptors (Lipinski definition) is 3. The molecular formula is C13H21ClN4O. The number of fused-ring (bicyclic) bond motifs is 1. The van der Waals surface area contributed by atoms with Gasteiger partial charge < -0.3 is 15.6 Å². The van der Waals surface area contributed by atoms with Crippen LogP contribution in [0.3, 0.4) is 0 Å². The van der Waals surface area contributed by atoms with E-state index < -0.39 is 0 Å². The van der Waals surface area contributed by atoms with E-state index in [1.807, 2.05) is 0 Å². The van der Waals surface area contributed by atoms with Crippen molar-refractivity contribution in [2.75, 3.05) is 0 Å². The van der Waals surface area contributed by atoms with Gasteiger partial charge in [-0.05, 0) is 25.2 Å². The van der Waals surface area contributed by atoms with Crippen LogP contribution in [-0.4, -0.2) is 28.0 Å². The van der Waals surface area contributed by atoms with Crippen LogP contribution in [0.15, 0.2) is 12.5 Å². The molecule has 2 heterocycles. The van der Waals surface area contributed by atoms with Crippen LogP contribution < -0.4 is 10.6 Å². The average molecular weight is 285 g/mol. The van der Waals surface area contributed by atoms with Crippen LogP contribution in [0.25, 0.3) is 0 Å². The molecule has 1 saturated carbocycles. The predicted octanol–water partition coefficient (Wildman–Crippen LogP) is 1.37. The summed E-state index contributed by atoms with van der Waals surface area (Å²) in [6.45, 7) is 0.534. The monoisotopic (exact) mass is 284 g/mol. The van der Waals surface area contributed by atoms with Gasteiger partial charge in [-0.15, -0.1) is 12.4 Å². The van der Waals surface area contributed by atoms with Gasteiger partial charge >= 0.3 is 0 Å². The van der Waals surface area contributed by atoms with Crippen molar-refractivity contribution in [2.24, 2.45) is 5.92 Å². The number of nitrogens with zero attached hydrogens (tertiary/aromatic N) is 1. The van der Waals surface area contributed by atoms with E-state index in [0.717, 1.165) is 12.1 Å². The summed E-state index contributed by atoms with van der Waals surface area (Å²) in [7, 11) is 0. The van der Waals surface area contributed by atoms with Gasteiger partial charge in [0.2, 0.25) is 5.91 Å². The van der Waals surface area contributed by atoms with Gasteiger partial charge in [0.1, 0.15) is 0 Å². The fourth-order valence-electron chi connectivity index (χ4n) is 3.21. The Labute approximate surface area is 119 Å². The summed E-state index contributed by atoms with van der Waals surface area (Å²) < 4.78 is 0. The molecule has 3 atom stereocenters. The van der Waals surface area contributed by atoms with E-state index in [0.29, 0.717) is 18.5 Å². The van der Waals surface area contributed by atoms with Crippen molar-refractivity contribution in [3.05, 3.63) is 18.2 Å². The van der Waals surface area contributed by atoms with Crippen molar-refractivity contribution in [3.8, 4) is 0 Å². The van der Waals surface area contributed by atoms with Gasteiger partial charge in [0, 0.05) is 12.2 Å². The first kappa shape index (κ1) is 14.3. The van der Waals surface area contributed by atoms with Gasteiger partial charge in [-0.25, -0.2) is 4.98 Å². The second kappa shape index (κ2) is 6.39. The molecular weight excluding hydrogens is 264 g/mol. The molecule has 19 heavy (non-hydrogen) atoms. The van der Waals surface area contributed by atoms with Crippen LogP contribution in [-0.2, 0) is 11.3 Å². The highest BCUT2D eigenvalue weighted by Crippen LogP contribution is 2.33. The fraction of sp³-hybridized carbons (Fsp3) is 0.692. The number of halogens is 1. The molecule has 0 aromatic carbocycles. The number of hydrogen-bond donors (Lipinski definition) is 3. The maximum atomic E-state index is 12.1. The van der Waals surface area contributed by atoms with E-state index in [1.165, 1.54) is 25.7 Å². The molecule has 1 aromatic heterocycles. The first-order valence-corrected chi connectivity index (χ1v) is 6.84. The average Bonchev–Trinajstić information content (AvgIpc) is 3.04. The van der Waals surface area contributed by atoms with E-state index in [-0.39, 0.29) is 24.4 Å². The van der Waals surface area contributed by atoms with Crippen molar-refractivity contribution >= 4 is 18.3 Å². The number of carbonyl (C=O) groups is 1. The predicted molar refractivity (Wildman–Crippen MR) is 75.0 cm³/mol. The second-order valence-corrected chi connectivity index (χ2v) is 5.40. The minimum Gasteiger partial charge on any atom is -0.349 e. The highest BCUT2D eigenvalue weighted by atomic mass is 35.5. The minimum atomic E-state index is 0. The van der Waals surface area contributed by atoms with Crippen molar-refractivity contribution in [1.82, 2.24) is 20.6 Å². The lowest BCUT2D eigenvalue weighted by Crippen LogP contribution is -2.42. The number of imidazole rings is 1. The molecule has 1 saturated heterocycles. The molecule has 0 radical (unpaired) electrons. The molecule has 2 aliphatic rings. The Morgan fingerprint density at radius 2 is 2.26 bits per heavy atom. The van der Waals surface area contributed by atoms with Gasteiger partial charge in [0.05, 0.1) is 24.6 Å². The summed E-state index contributed by atoms with van der Waals surface area (Å²) >= 11 is 0. The summed E-state index contributed by atoms with van der Waals surface area (Å²) in [4.78, 5) is 19.0. The molecule has 1 amide bonds. The first-order valence-electron chi connectivity index (χ1n) is 6.84. The van der Waals surface area contributed by atoms with E-state index in [2.05, 4.69) is 20.6 Å². The van der Waals surface area contributed by atoms with Crippen LogP contribution in [0, 0.1) is 5.92 Å². The number of aromatic nitrogens is 2. The molecule has 0 bridgehead atoms. The Balaban J connectivity index is 0.00000133. The number of amides is 1. The Morgan fingerprint density at radius 3 is 3.00 bits per heavy atom. The third-order valence-electron chi connectivity index (χ3n) is 4.19. The van der Waals surface area contributed by atoms with Crippen LogP contribution in [0.2, 0.25) is 0 Å². The normalized spacial score (nSPS) is 29.4. The van der Waals surface area contributed by atoms with Crippen molar-refractivity contribution in [1.29, 1.82) is 0 Å². The van der Waals surface area contributed by atoms with Crippen molar-refractivity contribution < 1.29 is 4.79 Å². The fourth-order valence-corrected chi connectivity index (χ4v) is 3.21. The molecule has 106 valence electrons. The summed E-state index contributed by atoms with van der Waals surface area (Å²) in [5.41, 5.74) is 0.943. The number of rotatable bonds is 3. The largest absolute Gasteiger partial charge is 0.349 e. The summed E-state index contributed by atoms with van der Waals surface area (Å²) in [6.07, 6.45) is 9.50. The van der Waals surface area contributed by atoms with Crippen LogP contribution in [0.4, 0.5) is 0 Å². The maximum Gasteiger partial charge on any atom is 0.237 e. The van der Waals surface area contributed by atoms with Gasteiger partial charge in [0.15, 0.2) is 0 Å². The minimum absolute atomic E-state index is 0. The smallest absolute Gasteiger partial charge is 0.237 e. The number of H-pyrrole nitrogens is 1. The zero-order valence-electron chi connectivity index (χ0n) is 10.9. The molecule has 5 nitrogen and oxygen atoms in total. The molecule has 0 spiro atoms. The summed E-state index contributed by atoms with van der Waals surface area (Å²) in [5, 5.41) is 6.45. The zero-order valence-corrected chi connectivity index (χ0v) is 11.7. The third-order valence-corrected chi connectivity index (χ3v) is 4.19. The van der Waals surface area contributed by atoms with Crippen molar-refractivity contribution in [3.63, 3.8) is 0 Å². The van der Waals surface area contributed by atoms with E-state index in [4.69, 9.17) is 0 Å². The van der Waals surface area contributed by atoms with Crippen molar-refractivity contribution in [2.45, 2.75) is 50.7 Å². The summed E-state index contributed by atoms with van der Waals surface area (Å²) in [6, 6.07) is 0.572. The van der Waals surface area contributed by atoms with E-state index in [1.54, 1.807) is 12.5 Å². The molecule has 1 aromatic rings. The van der Waals surface area contributed by atoms with Gasteiger partial charge in [0.25, 0.3) is 0 Å². The Morgan fingerprint density at radius 1 is 1.42 bits per heavy atom. The number of carbonyl (C=O) groups excluding carboxylic acids is 1.